The van der Waals surface area contributed by atoms with Crippen LogP contribution in [0.15, 0.2) is 30.3 Å². The number of carboxylic acid groups (broad SMARTS) is 1. The fourth-order valence-electron chi connectivity index (χ4n) is 4.33. The van der Waals surface area contributed by atoms with Crippen molar-refractivity contribution >= 4 is 47.3 Å². The van der Waals surface area contributed by atoms with Crippen molar-refractivity contribution in [2.45, 2.75) is 69.7 Å². The largest absolute Gasteiger partial charge is 0.480 e. The minimum Gasteiger partial charge on any atom is -0.480 e. The summed E-state index contributed by atoms with van der Waals surface area (Å²) in [4.78, 5) is 76.5. The number of thioether (sulfide) groups is 1. The zero-order valence-corrected chi connectivity index (χ0v) is 24.4. The summed E-state index contributed by atoms with van der Waals surface area (Å²) < 4.78 is 0. The van der Waals surface area contributed by atoms with E-state index in [9.17, 15) is 33.9 Å². The molecule has 0 radical (unpaired) electrons. The molecule has 0 aliphatic carbocycles. The van der Waals surface area contributed by atoms with Crippen LogP contribution in [0.4, 0.5) is 0 Å². The third-order valence-electron chi connectivity index (χ3n) is 6.56. The van der Waals surface area contributed by atoms with Gasteiger partial charge in [-0.2, -0.15) is 11.8 Å². The number of carbonyl (C=O) groups excluding carboxylic acids is 5. The molecule has 1 fully saturated rings. The average molecular weight is 593 g/mol. The van der Waals surface area contributed by atoms with Crippen molar-refractivity contribution in [3.63, 3.8) is 0 Å². The summed E-state index contributed by atoms with van der Waals surface area (Å²) in [5.41, 5.74) is 6.19. The fourth-order valence-corrected chi connectivity index (χ4v) is 4.80. The van der Waals surface area contributed by atoms with E-state index in [0.29, 0.717) is 25.1 Å². The van der Waals surface area contributed by atoms with Crippen molar-refractivity contribution in [3.8, 4) is 0 Å². The maximum absolute atomic E-state index is 13.3. The highest BCUT2D eigenvalue weighted by atomic mass is 32.2. The van der Waals surface area contributed by atoms with E-state index in [4.69, 9.17) is 5.73 Å². The SMILES string of the molecule is CSCC[C@H](NC(=O)[C@@H]1CCCN1C(=O)[C@H](C)NC(=O)CNC(=O)[C@H](C)N)C(=O)N[C@@H](Cc1ccccc1)C(=O)O. The number of rotatable bonds is 15. The van der Waals surface area contributed by atoms with Crippen LogP contribution in [0.5, 0.6) is 0 Å². The molecule has 226 valence electrons. The minimum atomic E-state index is -1.20. The Bertz CT molecular complexity index is 1090. The van der Waals surface area contributed by atoms with Crippen LogP contribution in [-0.4, -0.2) is 101 Å². The van der Waals surface area contributed by atoms with Gasteiger partial charge in [-0.15, -0.1) is 0 Å². The number of nitrogens with two attached hydrogens (primary N) is 1. The molecule has 14 heteroatoms. The molecule has 1 aromatic carbocycles. The number of amides is 5. The van der Waals surface area contributed by atoms with Crippen LogP contribution in [-0.2, 0) is 35.2 Å². The minimum absolute atomic E-state index is 0.0779. The van der Waals surface area contributed by atoms with Crippen molar-refractivity contribution in [1.29, 1.82) is 0 Å². The predicted octanol–water partition coefficient (Wildman–Crippen LogP) is -1.00. The lowest BCUT2D eigenvalue weighted by molar-refractivity contribution is -0.143. The second kappa shape index (κ2) is 16.6. The molecular weight excluding hydrogens is 552 g/mol. The summed E-state index contributed by atoms with van der Waals surface area (Å²) >= 11 is 1.47. The molecule has 0 bridgehead atoms. The van der Waals surface area contributed by atoms with Crippen molar-refractivity contribution in [1.82, 2.24) is 26.2 Å². The summed E-state index contributed by atoms with van der Waals surface area (Å²) in [5.74, 6) is -3.39. The molecule has 13 nitrogen and oxygen atoms in total. The number of nitrogens with one attached hydrogen (secondary N) is 4. The Labute approximate surface area is 243 Å². The smallest absolute Gasteiger partial charge is 0.326 e. The Kier molecular flexibility index (Phi) is 13.6. The van der Waals surface area contributed by atoms with Gasteiger partial charge in [0, 0.05) is 13.0 Å². The van der Waals surface area contributed by atoms with E-state index >= 15 is 0 Å². The van der Waals surface area contributed by atoms with E-state index in [-0.39, 0.29) is 19.4 Å². The van der Waals surface area contributed by atoms with E-state index in [1.165, 1.54) is 30.5 Å². The number of carboxylic acids is 1. The highest BCUT2D eigenvalue weighted by Gasteiger charge is 2.38. The third-order valence-corrected chi connectivity index (χ3v) is 7.21. The Morgan fingerprint density at radius 2 is 1.71 bits per heavy atom. The van der Waals surface area contributed by atoms with Gasteiger partial charge in [0.25, 0.3) is 0 Å². The maximum atomic E-state index is 13.3. The Morgan fingerprint density at radius 3 is 2.32 bits per heavy atom. The highest BCUT2D eigenvalue weighted by molar-refractivity contribution is 7.98. The van der Waals surface area contributed by atoms with Crippen LogP contribution >= 0.6 is 11.8 Å². The monoisotopic (exact) mass is 592 g/mol. The van der Waals surface area contributed by atoms with Gasteiger partial charge in [0.15, 0.2) is 0 Å². The molecule has 0 aromatic heterocycles. The van der Waals surface area contributed by atoms with Gasteiger partial charge in [-0.25, -0.2) is 4.79 Å². The van der Waals surface area contributed by atoms with Crippen LogP contribution in [0.1, 0.15) is 38.7 Å². The summed E-state index contributed by atoms with van der Waals surface area (Å²) in [5, 5.41) is 19.8. The van der Waals surface area contributed by atoms with E-state index in [0.717, 1.165) is 5.56 Å². The van der Waals surface area contributed by atoms with Gasteiger partial charge < -0.3 is 37.0 Å². The van der Waals surface area contributed by atoms with Crippen LogP contribution < -0.4 is 27.0 Å². The summed E-state index contributed by atoms with van der Waals surface area (Å²) in [7, 11) is 0. The van der Waals surface area contributed by atoms with E-state index < -0.39 is 65.7 Å². The van der Waals surface area contributed by atoms with Gasteiger partial charge in [0.1, 0.15) is 24.2 Å². The van der Waals surface area contributed by atoms with Crippen LogP contribution in [0, 0.1) is 0 Å². The lowest BCUT2D eigenvalue weighted by atomic mass is 10.0. The van der Waals surface area contributed by atoms with Crippen molar-refractivity contribution in [2.75, 3.05) is 25.1 Å². The molecular formula is C27H40N6O7S. The zero-order chi connectivity index (χ0) is 30.5. The first-order valence-electron chi connectivity index (χ1n) is 13.4. The van der Waals surface area contributed by atoms with Gasteiger partial charge in [-0.1, -0.05) is 30.3 Å². The zero-order valence-electron chi connectivity index (χ0n) is 23.6. The number of aliphatic carboxylic acids is 1. The van der Waals surface area contributed by atoms with Gasteiger partial charge in [-0.05, 0) is 50.7 Å². The predicted molar refractivity (Wildman–Crippen MR) is 154 cm³/mol. The molecule has 7 N–H and O–H groups in total. The standard InChI is InChI=1S/C27H40N6O7S/c1-16(28)23(35)29-15-22(34)30-17(2)26(38)33-12-7-10-21(33)25(37)31-19(11-13-41-3)24(36)32-20(27(39)40)14-18-8-5-4-6-9-18/h4-6,8-9,16-17,19-21H,7,10-15,28H2,1-3H3,(H,29,35)(H,30,34)(H,31,37)(H,32,36)(H,39,40)/t16-,17-,19-,20-,21-/m0/s1. The van der Waals surface area contributed by atoms with E-state index in [1.807, 2.05) is 6.26 Å². The molecule has 0 saturated carbocycles. The second-order valence-corrected chi connectivity index (χ2v) is 10.9. The first-order chi connectivity index (χ1) is 19.4. The number of nitrogens with zero attached hydrogens (tertiary/aromatic N) is 1. The van der Waals surface area contributed by atoms with Crippen LogP contribution in [0.25, 0.3) is 0 Å². The lowest BCUT2D eigenvalue weighted by Gasteiger charge is -2.29. The van der Waals surface area contributed by atoms with Gasteiger partial charge in [0.05, 0.1) is 12.6 Å². The lowest BCUT2D eigenvalue weighted by Crippen LogP contribution is -2.57. The molecule has 1 heterocycles. The highest BCUT2D eigenvalue weighted by Crippen LogP contribution is 2.19. The Hall–Kier alpha value is -3.65. The molecule has 0 unspecified atom stereocenters. The average Bonchev–Trinajstić information content (AvgIpc) is 3.43. The molecule has 5 amide bonds. The number of benzene rings is 1. The second-order valence-electron chi connectivity index (χ2n) is 9.92. The van der Waals surface area contributed by atoms with Crippen LogP contribution in [0.3, 0.4) is 0 Å². The number of hydrogen-bond donors (Lipinski definition) is 6. The third kappa shape index (κ3) is 10.7. The quantitative estimate of drug-likeness (QED) is 0.148. The van der Waals surface area contributed by atoms with Crippen molar-refractivity contribution in [3.05, 3.63) is 35.9 Å². The molecule has 2 rings (SSSR count). The van der Waals surface area contributed by atoms with Gasteiger partial charge in [0.2, 0.25) is 29.5 Å². The number of hydrogen-bond acceptors (Lipinski definition) is 8. The number of likely N-dealkylation sites (tertiary alicyclic amines) is 1. The summed E-state index contributed by atoms with van der Waals surface area (Å²) in [6.07, 6.45) is 3.10. The fraction of sp³-hybridized carbons (Fsp3) is 0.556. The first kappa shape index (κ1) is 33.6. The van der Waals surface area contributed by atoms with Gasteiger partial charge >= 0.3 is 5.97 Å². The van der Waals surface area contributed by atoms with E-state index in [2.05, 4.69) is 21.3 Å². The Morgan fingerprint density at radius 1 is 1.02 bits per heavy atom. The van der Waals surface area contributed by atoms with Crippen molar-refractivity contribution < 1.29 is 33.9 Å². The summed E-state index contributed by atoms with van der Waals surface area (Å²) in [6, 6.07) is 4.09. The van der Waals surface area contributed by atoms with E-state index in [1.54, 1.807) is 30.3 Å². The van der Waals surface area contributed by atoms with Crippen molar-refractivity contribution in [2.24, 2.45) is 5.73 Å². The molecule has 1 aliphatic rings. The number of carbonyl (C=O) groups is 6. The van der Waals surface area contributed by atoms with Crippen LogP contribution in [0.2, 0.25) is 0 Å². The topological polar surface area (TPSA) is 200 Å². The first-order valence-corrected chi connectivity index (χ1v) is 14.8. The molecule has 41 heavy (non-hydrogen) atoms. The normalized spacial score (nSPS) is 17.5. The molecule has 1 aromatic rings. The maximum Gasteiger partial charge on any atom is 0.326 e. The molecule has 5 atom stereocenters. The Balaban J connectivity index is 2.03. The van der Waals surface area contributed by atoms with Gasteiger partial charge in [-0.3, -0.25) is 24.0 Å². The molecule has 1 saturated heterocycles. The summed E-state index contributed by atoms with van der Waals surface area (Å²) in [6.45, 7) is 2.89. The molecule has 0 spiro atoms. The molecule has 1 aliphatic heterocycles.